The summed E-state index contributed by atoms with van der Waals surface area (Å²) in [4.78, 5) is 4.58. The highest BCUT2D eigenvalue weighted by Gasteiger charge is 2.24. The molecule has 1 heterocycles. The third kappa shape index (κ3) is 4.74. The van der Waals surface area contributed by atoms with Crippen LogP contribution in [0.4, 0.5) is 0 Å². The molecule has 0 aliphatic carbocycles. The zero-order chi connectivity index (χ0) is 13.1. The summed E-state index contributed by atoms with van der Waals surface area (Å²) in [5.74, 6) is 0. The maximum atomic E-state index is 10.2. The fourth-order valence-electron chi connectivity index (χ4n) is 1.44. The van der Waals surface area contributed by atoms with E-state index in [1.165, 1.54) is 0 Å². The van der Waals surface area contributed by atoms with Crippen molar-refractivity contribution < 1.29 is 9.84 Å². The van der Waals surface area contributed by atoms with Gasteiger partial charge in [-0.2, -0.15) is 0 Å². The Morgan fingerprint density at radius 1 is 1.35 bits per heavy atom. The van der Waals surface area contributed by atoms with Crippen molar-refractivity contribution in [2.75, 3.05) is 13.2 Å². The van der Waals surface area contributed by atoms with E-state index in [1.807, 2.05) is 6.92 Å². The largest absolute Gasteiger partial charge is 0.387 e. The Kier molecular flexibility index (Phi) is 4.69. The fraction of sp³-hybridized carbons (Fsp3) is 0.769. The molecule has 0 saturated heterocycles. The molecule has 17 heavy (non-hydrogen) atoms. The van der Waals surface area contributed by atoms with Crippen LogP contribution < -0.4 is 0 Å². The molecule has 0 fully saturated rings. The number of aliphatic hydroxyl groups is 1. The number of aromatic nitrogens is 1. The van der Waals surface area contributed by atoms with Crippen LogP contribution in [0.2, 0.25) is 0 Å². The van der Waals surface area contributed by atoms with Crippen molar-refractivity contribution in [1.82, 2.24) is 4.98 Å². The van der Waals surface area contributed by atoms with Crippen LogP contribution in [0.1, 0.15) is 45.3 Å². The summed E-state index contributed by atoms with van der Waals surface area (Å²) in [5.41, 5.74) is 0.327. The van der Waals surface area contributed by atoms with E-state index in [0.29, 0.717) is 19.6 Å². The molecule has 0 aliphatic heterocycles. The second kappa shape index (κ2) is 5.46. The van der Waals surface area contributed by atoms with Crippen molar-refractivity contribution in [3.05, 3.63) is 16.1 Å². The lowest BCUT2D eigenvalue weighted by Crippen LogP contribution is -2.33. The van der Waals surface area contributed by atoms with Gasteiger partial charge >= 0.3 is 0 Å². The monoisotopic (exact) mass is 257 g/mol. The third-order valence-corrected chi connectivity index (χ3v) is 3.32. The molecule has 0 saturated carbocycles. The average molecular weight is 257 g/mol. The first-order chi connectivity index (χ1) is 7.74. The first-order valence-electron chi connectivity index (χ1n) is 5.99. The van der Waals surface area contributed by atoms with Gasteiger partial charge in [-0.15, -0.1) is 11.3 Å². The second-order valence-corrected chi connectivity index (χ2v) is 6.63. The summed E-state index contributed by atoms with van der Waals surface area (Å²) >= 11 is 1.61. The smallest absolute Gasteiger partial charge is 0.0958 e. The Morgan fingerprint density at radius 2 is 2.00 bits per heavy atom. The molecule has 1 rings (SSSR count). The van der Waals surface area contributed by atoms with Crippen molar-refractivity contribution in [3.63, 3.8) is 0 Å². The van der Waals surface area contributed by atoms with Gasteiger partial charge in [-0.05, 0) is 13.8 Å². The number of rotatable bonds is 5. The Labute approximate surface area is 108 Å². The van der Waals surface area contributed by atoms with E-state index < -0.39 is 5.60 Å². The lowest BCUT2D eigenvalue weighted by Gasteiger charge is -2.21. The van der Waals surface area contributed by atoms with Crippen LogP contribution in [0.25, 0.3) is 0 Å². The molecular formula is C13H23NO2S. The summed E-state index contributed by atoms with van der Waals surface area (Å²) in [6, 6.07) is 0. The van der Waals surface area contributed by atoms with Crippen molar-refractivity contribution in [2.45, 2.75) is 52.1 Å². The molecule has 0 aromatic carbocycles. The first-order valence-corrected chi connectivity index (χ1v) is 6.87. The molecule has 98 valence electrons. The summed E-state index contributed by atoms with van der Waals surface area (Å²) in [7, 11) is 0. The van der Waals surface area contributed by atoms with Crippen LogP contribution in [-0.2, 0) is 16.6 Å². The Morgan fingerprint density at radius 3 is 2.47 bits per heavy atom. The predicted octanol–water partition coefficient (Wildman–Crippen LogP) is 2.77. The van der Waals surface area contributed by atoms with Gasteiger partial charge in [0.1, 0.15) is 0 Å². The van der Waals surface area contributed by atoms with Crippen LogP contribution in [0, 0.1) is 0 Å². The zero-order valence-electron chi connectivity index (χ0n) is 11.4. The standard InChI is InChI=1S/C13H23NO2S/c1-6-16-9-13(5,15)7-11-14-10(8-17-11)12(2,3)4/h8,15H,6-7,9H2,1-5H3. The van der Waals surface area contributed by atoms with E-state index in [0.717, 1.165) is 10.7 Å². The Bertz CT molecular complexity index is 353. The van der Waals surface area contributed by atoms with Crippen LogP contribution in [-0.4, -0.2) is 28.9 Å². The molecule has 0 aliphatic rings. The van der Waals surface area contributed by atoms with Gasteiger partial charge in [-0.3, -0.25) is 0 Å². The normalized spacial score (nSPS) is 15.9. The average Bonchev–Trinajstić information content (AvgIpc) is 2.62. The molecule has 0 radical (unpaired) electrons. The maximum Gasteiger partial charge on any atom is 0.0958 e. The van der Waals surface area contributed by atoms with Crippen molar-refractivity contribution >= 4 is 11.3 Å². The second-order valence-electron chi connectivity index (χ2n) is 5.69. The van der Waals surface area contributed by atoms with Gasteiger partial charge in [0.25, 0.3) is 0 Å². The van der Waals surface area contributed by atoms with E-state index in [-0.39, 0.29) is 5.41 Å². The van der Waals surface area contributed by atoms with Gasteiger partial charge in [0, 0.05) is 23.8 Å². The van der Waals surface area contributed by atoms with Crippen LogP contribution in [0.3, 0.4) is 0 Å². The number of nitrogens with zero attached hydrogens (tertiary/aromatic N) is 1. The molecule has 0 spiro atoms. The number of ether oxygens (including phenoxy) is 1. The quantitative estimate of drug-likeness (QED) is 0.882. The molecule has 1 atom stereocenters. The van der Waals surface area contributed by atoms with Crippen molar-refractivity contribution in [2.24, 2.45) is 0 Å². The molecule has 4 heteroatoms. The number of thiazole rings is 1. The highest BCUT2D eigenvalue weighted by atomic mass is 32.1. The van der Waals surface area contributed by atoms with Crippen molar-refractivity contribution in [3.8, 4) is 0 Å². The summed E-state index contributed by atoms with van der Waals surface area (Å²) < 4.78 is 5.27. The molecular weight excluding hydrogens is 234 g/mol. The number of hydrogen-bond acceptors (Lipinski definition) is 4. The molecule has 1 aromatic heterocycles. The van der Waals surface area contributed by atoms with Crippen LogP contribution >= 0.6 is 11.3 Å². The Hall–Kier alpha value is -0.450. The van der Waals surface area contributed by atoms with E-state index >= 15 is 0 Å². The minimum absolute atomic E-state index is 0.0700. The summed E-state index contributed by atoms with van der Waals surface area (Å²) in [5, 5.41) is 13.2. The van der Waals surface area contributed by atoms with Gasteiger partial charge in [-0.1, -0.05) is 20.8 Å². The lowest BCUT2D eigenvalue weighted by atomic mass is 9.93. The minimum atomic E-state index is -0.830. The molecule has 0 amide bonds. The van der Waals surface area contributed by atoms with Gasteiger partial charge in [0.05, 0.1) is 22.9 Å². The number of hydrogen-bond donors (Lipinski definition) is 1. The fourth-order valence-corrected chi connectivity index (χ4v) is 2.63. The summed E-state index contributed by atoms with van der Waals surface area (Å²) in [6.45, 7) is 11.1. The molecule has 3 nitrogen and oxygen atoms in total. The molecule has 1 aromatic rings. The van der Waals surface area contributed by atoms with Crippen LogP contribution in [0.15, 0.2) is 5.38 Å². The van der Waals surface area contributed by atoms with E-state index in [9.17, 15) is 5.11 Å². The topological polar surface area (TPSA) is 42.4 Å². The first kappa shape index (κ1) is 14.6. The molecule has 1 N–H and O–H groups in total. The van der Waals surface area contributed by atoms with Gasteiger partial charge in [-0.25, -0.2) is 4.98 Å². The maximum absolute atomic E-state index is 10.2. The third-order valence-electron chi connectivity index (χ3n) is 2.47. The van der Waals surface area contributed by atoms with Gasteiger partial charge < -0.3 is 9.84 Å². The summed E-state index contributed by atoms with van der Waals surface area (Å²) in [6.07, 6.45) is 0.549. The SMILES string of the molecule is CCOCC(C)(O)Cc1nc(C(C)(C)C)cs1. The highest BCUT2D eigenvalue weighted by molar-refractivity contribution is 7.09. The van der Waals surface area contributed by atoms with Crippen LogP contribution in [0.5, 0.6) is 0 Å². The van der Waals surface area contributed by atoms with Gasteiger partial charge in [0.2, 0.25) is 0 Å². The molecule has 0 bridgehead atoms. The predicted molar refractivity (Wildman–Crippen MR) is 71.6 cm³/mol. The van der Waals surface area contributed by atoms with E-state index in [1.54, 1.807) is 18.3 Å². The van der Waals surface area contributed by atoms with E-state index in [4.69, 9.17) is 4.74 Å². The van der Waals surface area contributed by atoms with Gasteiger partial charge in [0.15, 0.2) is 0 Å². The van der Waals surface area contributed by atoms with E-state index in [2.05, 4.69) is 31.1 Å². The minimum Gasteiger partial charge on any atom is -0.387 e. The Balaban J connectivity index is 2.66. The highest BCUT2D eigenvalue weighted by Crippen LogP contribution is 2.25. The lowest BCUT2D eigenvalue weighted by molar-refractivity contribution is -0.0297. The van der Waals surface area contributed by atoms with Crippen molar-refractivity contribution in [1.29, 1.82) is 0 Å². The molecule has 1 unspecified atom stereocenters. The zero-order valence-corrected chi connectivity index (χ0v) is 12.2.